The summed E-state index contributed by atoms with van der Waals surface area (Å²) in [6, 6.07) is 11.1. The monoisotopic (exact) mass is 487 g/mol. The van der Waals surface area contributed by atoms with Crippen molar-refractivity contribution in [2.24, 2.45) is 0 Å². The van der Waals surface area contributed by atoms with Crippen LogP contribution in [0.2, 0.25) is 0 Å². The second kappa shape index (κ2) is 11.1. The van der Waals surface area contributed by atoms with E-state index in [0.717, 1.165) is 4.31 Å². The number of hydrogen-bond acceptors (Lipinski definition) is 7. The molecule has 34 heavy (non-hydrogen) atoms. The molecule has 1 atom stereocenters. The first-order valence-corrected chi connectivity index (χ1v) is 11.7. The van der Waals surface area contributed by atoms with Gasteiger partial charge in [0.05, 0.1) is 11.4 Å². The molecule has 10 nitrogen and oxygen atoms in total. The highest BCUT2D eigenvalue weighted by molar-refractivity contribution is 7.89. The number of rotatable bonds is 6. The number of ether oxygens (including phenoxy) is 2. The van der Waals surface area contributed by atoms with Crippen LogP contribution in [0.25, 0.3) is 0 Å². The van der Waals surface area contributed by atoms with Gasteiger partial charge in [0, 0.05) is 26.3 Å². The number of carbonyl (C=O) groups excluding carboxylic acids is 2. The van der Waals surface area contributed by atoms with Crippen LogP contribution >= 0.6 is 0 Å². The molecule has 11 heteroatoms. The molecular formula is C23H25N3O7S. The lowest BCUT2D eigenvalue weighted by molar-refractivity contribution is -0.133. The first-order chi connectivity index (χ1) is 16.3. The minimum Gasteiger partial charge on any atom is -0.481 e. The average molecular weight is 488 g/mol. The Balaban J connectivity index is 1.94. The van der Waals surface area contributed by atoms with Crippen LogP contribution < -0.4 is 15.1 Å². The van der Waals surface area contributed by atoms with Crippen molar-refractivity contribution in [1.82, 2.24) is 9.79 Å². The molecule has 1 unspecified atom stereocenters. The Morgan fingerprint density at radius 3 is 2.44 bits per heavy atom. The summed E-state index contributed by atoms with van der Waals surface area (Å²) in [5, 5.41) is 9.29. The lowest BCUT2D eigenvalue weighted by Gasteiger charge is -2.29. The normalized spacial score (nSPS) is 16.0. The third kappa shape index (κ3) is 5.55. The number of fused-ring (bicyclic) bond motifs is 1. The minimum atomic E-state index is -4.21. The maximum atomic E-state index is 13.6. The highest BCUT2D eigenvalue weighted by Crippen LogP contribution is 2.31. The van der Waals surface area contributed by atoms with Crippen molar-refractivity contribution < 1.29 is 32.7 Å². The van der Waals surface area contributed by atoms with E-state index in [0.29, 0.717) is 17.0 Å². The largest absolute Gasteiger partial charge is 0.481 e. The zero-order valence-electron chi connectivity index (χ0n) is 18.7. The molecule has 2 aromatic rings. The standard InChI is InChI=1S/C23H25N3O7S/c1-17(27)25-16-22(23(28)24-29)26(15-18-7-3-4-8-21(18)25)34(30,31)20-11-9-19(10-12-20)33-14-6-5-13-32-2/h3-4,7-12,22,29H,13-16H2,1-2H3,(H,24,28). The molecule has 1 aliphatic rings. The molecule has 1 heterocycles. The van der Waals surface area contributed by atoms with E-state index in [4.69, 9.17) is 9.47 Å². The summed E-state index contributed by atoms with van der Waals surface area (Å²) in [6.45, 7) is 1.28. The van der Waals surface area contributed by atoms with E-state index in [1.54, 1.807) is 24.3 Å². The van der Waals surface area contributed by atoms with E-state index < -0.39 is 22.0 Å². The van der Waals surface area contributed by atoms with Crippen LogP contribution in [0.1, 0.15) is 12.5 Å². The Kier molecular flexibility index (Phi) is 8.25. The van der Waals surface area contributed by atoms with Crippen molar-refractivity contribution in [1.29, 1.82) is 0 Å². The van der Waals surface area contributed by atoms with Crippen LogP contribution in [0.3, 0.4) is 0 Å². The molecule has 0 bridgehead atoms. The van der Waals surface area contributed by atoms with Crippen molar-refractivity contribution in [2.45, 2.75) is 24.4 Å². The number of anilines is 1. The minimum absolute atomic E-state index is 0.0742. The van der Waals surface area contributed by atoms with Crippen molar-refractivity contribution in [3.63, 3.8) is 0 Å². The lowest BCUT2D eigenvalue weighted by Crippen LogP contribution is -2.53. The summed E-state index contributed by atoms with van der Waals surface area (Å²) >= 11 is 0. The van der Waals surface area contributed by atoms with Gasteiger partial charge in [0.1, 0.15) is 25.0 Å². The molecule has 2 N–H and O–H groups in total. The van der Waals surface area contributed by atoms with E-state index in [1.165, 1.54) is 48.7 Å². The lowest BCUT2D eigenvalue weighted by atomic mass is 10.1. The summed E-state index contributed by atoms with van der Waals surface area (Å²) in [6.07, 6.45) is 0. The van der Waals surface area contributed by atoms with Crippen molar-refractivity contribution in [3.8, 4) is 17.6 Å². The number of nitrogens with zero attached hydrogens (tertiary/aromatic N) is 2. The van der Waals surface area contributed by atoms with Gasteiger partial charge in [-0.25, -0.2) is 13.9 Å². The van der Waals surface area contributed by atoms with Crippen LogP contribution in [-0.2, 0) is 30.9 Å². The molecule has 2 aromatic carbocycles. The van der Waals surface area contributed by atoms with Gasteiger partial charge in [0.25, 0.3) is 5.91 Å². The van der Waals surface area contributed by atoms with Crippen LogP contribution in [0.5, 0.6) is 5.75 Å². The summed E-state index contributed by atoms with van der Waals surface area (Å²) in [7, 11) is -2.68. The van der Waals surface area contributed by atoms with Gasteiger partial charge in [-0.3, -0.25) is 14.8 Å². The Hall–Kier alpha value is -3.43. The fourth-order valence-electron chi connectivity index (χ4n) is 3.52. The number of amides is 2. The van der Waals surface area contributed by atoms with Gasteiger partial charge in [-0.2, -0.15) is 4.31 Å². The van der Waals surface area contributed by atoms with Crippen LogP contribution in [0.15, 0.2) is 53.4 Å². The molecule has 0 radical (unpaired) electrons. The number of nitrogens with one attached hydrogen (secondary N) is 1. The molecule has 0 saturated carbocycles. The maximum absolute atomic E-state index is 13.6. The number of hydrogen-bond donors (Lipinski definition) is 2. The van der Waals surface area contributed by atoms with E-state index >= 15 is 0 Å². The van der Waals surface area contributed by atoms with Crippen LogP contribution in [0.4, 0.5) is 5.69 Å². The summed E-state index contributed by atoms with van der Waals surface area (Å²) in [4.78, 5) is 26.1. The zero-order chi connectivity index (χ0) is 24.7. The van der Waals surface area contributed by atoms with Gasteiger partial charge >= 0.3 is 0 Å². The van der Waals surface area contributed by atoms with Crippen LogP contribution in [-0.4, -0.2) is 62.7 Å². The first-order valence-electron chi connectivity index (χ1n) is 10.3. The van der Waals surface area contributed by atoms with Gasteiger partial charge < -0.3 is 14.4 Å². The third-order valence-electron chi connectivity index (χ3n) is 5.19. The highest BCUT2D eigenvalue weighted by atomic mass is 32.2. The van der Waals surface area contributed by atoms with Crippen molar-refractivity contribution in [3.05, 3.63) is 54.1 Å². The predicted molar refractivity (Wildman–Crippen MR) is 123 cm³/mol. The zero-order valence-corrected chi connectivity index (χ0v) is 19.5. The van der Waals surface area contributed by atoms with Crippen LogP contribution in [0, 0.1) is 11.8 Å². The number of carbonyl (C=O) groups is 2. The van der Waals surface area contributed by atoms with E-state index in [1.807, 2.05) is 0 Å². The molecular weight excluding hydrogens is 462 g/mol. The van der Waals surface area contributed by atoms with Crippen molar-refractivity contribution >= 4 is 27.5 Å². The smallest absolute Gasteiger partial charge is 0.263 e. The van der Waals surface area contributed by atoms with Crippen molar-refractivity contribution in [2.75, 3.05) is 31.8 Å². The number of benzene rings is 2. The predicted octanol–water partition coefficient (Wildman–Crippen LogP) is 1.15. The third-order valence-corrected chi connectivity index (χ3v) is 7.06. The Morgan fingerprint density at radius 1 is 1.12 bits per heavy atom. The topological polar surface area (TPSA) is 125 Å². The second-order valence-corrected chi connectivity index (χ2v) is 9.24. The Morgan fingerprint density at radius 2 is 1.79 bits per heavy atom. The quantitative estimate of drug-likeness (QED) is 0.356. The molecule has 0 spiro atoms. The SMILES string of the molecule is COCC#CCOc1ccc(S(=O)(=O)N2Cc3ccccc3N(C(C)=O)CC2C(=O)NO)cc1. The van der Waals surface area contributed by atoms with Gasteiger partial charge in [-0.15, -0.1) is 0 Å². The fraction of sp³-hybridized carbons (Fsp3) is 0.304. The molecule has 180 valence electrons. The highest BCUT2D eigenvalue weighted by Gasteiger charge is 2.41. The first kappa shape index (κ1) is 25.2. The maximum Gasteiger partial charge on any atom is 0.263 e. The molecule has 0 fully saturated rings. The second-order valence-electron chi connectivity index (χ2n) is 7.35. The summed E-state index contributed by atoms with van der Waals surface area (Å²) in [5.74, 6) is 4.61. The van der Waals surface area contributed by atoms with Gasteiger partial charge in [-0.05, 0) is 35.9 Å². The van der Waals surface area contributed by atoms with E-state index in [-0.39, 0.29) is 37.1 Å². The molecule has 0 aliphatic carbocycles. The molecule has 1 aliphatic heterocycles. The summed E-state index contributed by atoms with van der Waals surface area (Å²) < 4.78 is 38.4. The van der Waals surface area contributed by atoms with E-state index in [2.05, 4.69) is 11.8 Å². The Bertz CT molecular complexity index is 1200. The molecule has 0 aromatic heterocycles. The van der Waals surface area contributed by atoms with E-state index in [9.17, 15) is 23.2 Å². The Labute approximate surface area is 198 Å². The number of hydroxylamine groups is 1. The van der Waals surface area contributed by atoms with Gasteiger partial charge in [0.15, 0.2) is 0 Å². The van der Waals surface area contributed by atoms with Gasteiger partial charge in [-0.1, -0.05) is 30.0 Å². The molecule has 3 rings (SSSR count). The number of sulfonamides is 1. The average Bonchev–Trinajstić information content (AvgIpc) is 3.02. The number of methoxy groups -OCH3 is 1. The fourth-order valence-corrected chi connectivity index (χ4v) is 5.08. The van der Waals surface area contributed by atoms with Gasteiger partial charge in [0.2, 0.25) is 15.9 Å². The summed E-state index contributed by atoms with van der Waals surface area (Å²) in [5.41, 5.74) is 2.57. The number of para-hydroxylation sites is 1. The molecule has 0 saturated heterocycles. The molecule has 2 amide bonds.